The maximum Gasteiger partial charge on any atom is 0.0470 e. The van der Waals surface area contributed by atoms with E-state index in [2.05, 4.69) is 0 Å². The van der Waals surface area contributed by atoms with Crippen LogP contribution in [0.25, 0.3) is 0 Å². The number of ether oxygens (including phenoxy) is 1. The Morgan fingerprint density at radius 3 is 2.93 bits per heavy atom. The van der Waals surface area contributed by atoms with E-state index in [-0.39, 0.29) is 0 Å². The maximum atomic E-state index is 6.05. The Bertz CT molecular complexity index is 286. The van der Waals surface area contributed by atoms with Crippen LogP contribution in [0.2, 0.25) is 5.02 Å². The van der Waals surface area contributed by atoms with Crippen molar-refractivity contribution in [2.75, 3.05) is 25.2 Å². The second-order valence-electron chi connectivity index (χ2n) is 3.21. The van der Waals surface area contributed by atoms with Gasteiger partial charge in [0.1, 0.15) is 0 Å². The molecule has 0 saturated carbocycles. The molecule has 0 atom stereocenters. The topological polar surface area (TPSA) is 35.2 Å². The number of thioether (sulfide) groups is 1. The molecule has 0 saturated heterocycles. The second kappa shape index (κ2) is 6.99. The van der Waals surface area contributed by atoms with Gasteiger partial charge in [0.25, 0.3) is 0 Å². The first-order valence-electron chi connectivity index (χ1n) is 4.85. The van der Waals surface area contributed by atoms with Crippen LogP contribution in [0.15, 0.2) is 18.2 Å². The molecule has 15 heavy (non-hydrogen) atoms. The lowest BCUT2D eigenvalue weighted by Crippen LogP contribution is -1.95. The molecule has 0 aromatic heterocycles. The lowest BCUT2D eigenvalue weighted by Gasteiger charge is -2.07. The summed E-state index contributed by atoms with van der Waals surface area (Å²) in [6.45, 7) is 0.811. The van der Waals surface area contributed by atoms with Gasteiger partial charge in [0.15, 0.2) is 0 Å². The maximum absolute atomic E-state index is 6.05. The Labute approximate surface area is 100 Å². The van der Waals surface area contributed by atoms with Crippen LogP contribution in [-0.2, 0) is 10.5 Å². The van der Waals surface area contributed by atoms with Crippen molar-refractivity contribution < 1.29 is 4.74 Å². The van der Waals surface area contributed by atoms with Gasteiger partial charge in [0.2, 0.25) is 0 Å². The van der Waals surface area contributed by atoms with E-state index in [1.165, 1.54) is 0 Å². The van der Waals surface area contributed by atoms with E-state index in [4.69, 9.17) is 22.1 Å². The van der Waals surface area contributed by atoms with Crippen LogP contribution in [0, 0.1) is 0 Å². The minimum absolute atomic E-state index is 0.759. The predicted octanol–water partition coefficient (Wildman–Crippen LogP) is 3.19. The van der Waals surface area contributed by atoms with E-state index in [1.807, 2.05) is 30.0 Å². The van der Waals surface area contributed by atoms with Gasteiger partial charge in [-0.25, -0.2) is 0 Å². The fraction of sp³-hybridized carbons (Fsp3) is 0.455. The summed E-state index contributed by atoms with van der Waals surface area (Å²) in [6, 6.07) is 5.64. The summed E-state index contributed by atoms with van der Waals surface area (Å²) in [4.78, 5) is 0. The minimum Gasteiger partial charge on any atom is -0.398 e. The number of nitrogen functional groups attached to an aromatic ring is 1. The van der Waals surface area contributed by atoms with Crippen molar-refractivity contribution in [3.63, 3.8) is 0 Å². The molecular formula is C11H16ClNOS. The third-order valence-electron chi connectivity index (χ3n) is 2.04. The summed E-state index contributed by atoms with van der Waals surface area (Å²) in [6.07, 6.45) is 1.06. The summed E-state index contributed by atoms with van der Waals surface area (Å²) in [5, 5.41) is 0.759. The fourth-order valence-electron chi connectivity index (χ4n) is 1.21. The van der Waals surface area contributed by atoms with Crippen molar-refractivity contribution >= 4 is 29.1 Å². The number of halogens is 1. The lowest BCUT2D eigenvalue weighted by atomic mass is 10.2. The monoisotopic (exact) mass is 245 g/mol. The highest BCUT2D eigenvalue weighted by molar-refractivity contribution is 7.98. The highest BCUT2D eigenvalue weighted by atomic mass is 35.5. The smallest absolute Gasteiger partial charge is 0.0470 e. The van der Waals surface area contributed by atoms with E-state index in [9.17, 15) is 0 Å². The molecule has 0 spiro atoms. The van der Waals surface area contributed by atoms with E-state index in [1.54, 1.807) is 7.11 Å². The molecule has 1 aromatic rings. The molecular weight excluding hydrogens is 230 g/mol. The quantitative estimate of drug-likeness (QED) is 0.618. The standard InChI is InChI=1S/C11H16ClNOS/c1-14-6-3-7-15-8-9-10(12)4-2-5-11(9)13/h2,4-5H,3,6-8,13H2,1H3. The summed E-state index contributed by atoms with van der Waals surface area (Å²) >= 11 is 7.88. The largest absolute Gasteiger partial charge is 0.398 e. The zero-order valence-corrected chi connectivity index (χ0v) is 10.4. The molecule has 1 rings (SSSR count). The van der Waals surface area contributed by atoms with Crippen molar-refractivity contribution in [1.82, 2.24) is 0 Å². The van der Waals surface area contributed by atoms with Gasteiger partial charge in [0, 0.05) is 35.7 Å². The van der Waals surface area contributed by atoms with Gasteiger partial charge in [-0.05, 0) is 24.3 Å². The van der Waals surface area contributed by atoms with Crippen LogP contribution in [-0.4, -0.2) is 19.5 Å². The van der Waals surface area contributed by atoms with Gasteiger partial charge in [-0.15, -0.1) is 0 Å². The Balaban J connectivity index is 2.37. The average molecular weight is 246 g/mol. The first-order chi connectivity index (χ1) is 7.25. The second-order valence-corrected chi connectivity index (χ2v) is 4.72. The van der Waals surface area contributed by atoms with Crippen LogP contribution >= 0.6 is 23.4 Å². The van der Waals surface area contributed by atoms with Crippen molar-refractivity contribution in [1.29, 1.82) is 0 Å². The third kappa shape index (κ3) is 4.33. The molecule has 1 aromatic carbocycles. The first-order valence-corrected chi connectivity index (χ1v) is 6.38. The third-order valence-corrected chi connectivity index (χ3v) is 3.46. The number of methoxy groups -OCH3 is 1. The van der Waals surface area contributed by atoms with Crippen molar-refractivity contribution in [3.05, 3.63) is 28.8 Å². The van der Waals surface area contributed by atoms with E-state index < -0.39 is 0 Å². The van der Waals surface area contributed by atoms with Gasteiger partial charge in [-0.2, -0.15) is 11.8 Å². The average Bonchev–Trinajstić information content (AvgIpc) is 2.21. The molecule has 2 nitrogen and oxygen atoms in total. The molecule has 0 aliphatic carbocycles. The summed E-state index contributed by atoms with van der Waals surface area (Å²) in [5.74, 6) is 1.94. The van der Waals surface area contributed by atoms with Crippen LogP contribution in [0.5, 0.6) is 0 Å². The molecule has 84 valence electrons. The molecule has 2 N–H and O–H groups in total. The summed E-state index contributed by atoms with van der Waals surface area (Å²) < 4.78 is 4.98. The van der Waals surface area contributed by atoms with Crippen LogP contribution < -0.4 is 5.73 Å². The molecule has 0 unspecified atom stereocenters. The van der Waals surface area contributed by atoms with Gasteiger partial charge < -0.3 is 10.5 Å². The van der Waals surface area contributed by atoms with Crippen molar-refractivity contribution in [2.45, 2.75) is 12.2 Å². The molecule has 4 heteroatoms. The van der Waals surface area contributed by atoms with Crippen LogP contribution in [0.3, 0.4) is 0 Å². The number of hydrogen-bond acceptors (Lipinski definition) is 3. The van der Waals surface area contributed by atoms with E-state index >= 15 is 0 Å². The normalized spacial score (nSPS) is 10.5. The number of anilines is 1. The zero-order chi connectivity index (χ0) is 11.1. The predicted molar refractivity (Wildman–Crippen MR) is 68.5 cm³/mol. The molecule has 0 aliphatic heterocycles. The highest BCUT2D eigenvalue weighted by Crippen LogP contribution is 2.26. The molecule has 0 aliphatic rings. The van der Waals surface area contributed by atoms with Gasteiger partial charge in [-0.1, -0.05) is 17.7 Å². The number of hydrogen-bond donors (Lipinski definition) is 1. The number of benzene rings is 1. The fourth-order valence-corrected chi connectivity index (χ4v) is 2.53. The molecule has 0 amide bonds. The Hall–Kier alpha value is -0.380. The molecule has 0 radical (unpaired) electrons. The molecule has 0 bridgehead atoms. The van der Waals surface area contributed by atoms with Gasteiger partial charge in [0.05, 0.1) is 0 Å². The highest BCUT2D eigenvalue weighted by Gasteiger charge is 2.03. The molecule has 0 heterocycles. The Morgan fingerprint density at radius 2 is 2.27 bits per heavy atom. The molecule has 0 fully saturated rings. The Kier molecular flexibility index (Phi) is 5.91. The number of nitrogens with two attached hydrogens (primary N) is 1. The summed E-state index contributed by atoms with van der Waals surface area (Å²) in [7, 11) is 1.72. The van der Waals surface area contributed by atoms with Gasteiger partial charge >= 0.3 is 0 Å². The number of rotatable bonds is 6. The van der Waals surface area contributed by atoms with E-state index in [0.717, 1.165) is 40.8 Å². The van der Waals surface area contributed by atoms with Gasteiger partial charge in [-0.3, -0.25) is 0 Å². The summed E-state index contributed by atoms with van der Waals surface area (Å²) in [5.41, 5.74) is 7.66. The van der Waals surface area contributed by atoms with Crippen molar-refractivity contribution in [3.8, 4) is 0 Å². The van der Waals surface area contributed by atoms with Crippen molar-refractivity contribution in [2.24, 2.45) is 0 Å². The first kappa shape index (κ1) is 12.7. The minimum atomic E-state index is 0.759. The SMILES string of the molecule is COCCCSCc1c(N)cccc1Cl. The van der Waals surface area contributed by atoms with Crippen LogP contribution in [0.4, 0.5) is 5.69 Å². The Morgan fingerprint density at radius 1 is 1.47 bits per heavy atom. The van der Waals surface area contributed by atoms with Crippen LogP contribution in [0.1, 0.15) is 12.0 Å². The van der Waals surface area contributed by atoms with E-state index in [0.29, 0.717) is 0 Å². The lowest BCUT2D eigenvalue weighted by molar-refractivity contribution is 0.200. The zero-order valence-electron chi connectivity index (χ0n) is 8.83.